The quantitative estimate of drug-likeness (QED) is 0.237. The van der Waals surface area contributed by atoms with Crippen LogP contribution in [0.25, 0.3) is 63.6 Å². The lowest BCUT2D eigenvalue weighted by Gasteiger charge is -2.14. The van der Waals surface area contributed by atoms with E-state index in [4.69, 9.17) is 0 Å². The zero-order chi connectivity index (χ0) is 20.4. The average molecular weight is 411 g/mol. The monoisotopic (exact) mass is 410 g/mol. The zero-order valence-corrected chi connectivity index (χ0v) is 17.6. The fourth-order valence-electron chi connectivity index (χ4n) is 5.09. The minimum Gasteiger partial charge on any atom is -0.135 e. The summed E-state index contributed by atoms with van der Waals surface area (Å²) in [5.41, 5.74) is 2.58. The van der Waals surface area contributed by atoms with Crippen molar-refractivity contribution < 1.29 is 0 Å². The second kappa shape index (κ2) is 6.41. The molecule has 0 aliphatic heterocycles. The summed E-state index contributed by atoms with van der Waals surface area (Å²) in [6, 6.07) is 40.0. The summed E-state index contributed by atoms with van der Waals surface area (Å²) in [5.74, 6) is 0. The first-order chi connectivity index (χ1) is 15.4. The number of rotatable bonds is 1. The van der Waals surface area contributed by atoms with Gasteiger partial charge in [0.1, 0.15) is 0 Å². The molecule has 144 valence electrons. The van der Waals surface area contributed by atoms with Crippen LogP contribution in [0.5, 0.6) is 0 Å². The van der Waals surface area contributed by atoms with E-state index in [9.17, 15) is 0 Å². The molecule has 7 aromatic rings. The van der Waals surface area contributed by atoms with Crippen molar-refractivity contribution in [2.24, 2.45) is 0 Å². The highest BCUT2D eigenvalue weighted by Crippen LogP contribution is 2.42. The fourth-order valence-corrected chi connectivity index (χ4v) is 6.18. The van der Waals surface area contributed by atoms with Gasteiger partial charge in [-0.3, -0.25) is 0 Å². The van der Waals surface area contributed by atoms with E-state index in [0.717, 1.165) is 0 Å². The number of fused-ring (bicyclic) bond motifs is 9. The summed E-state index contributed by atoms with van der Waals surface area (Å²) in [6.45, 7) is 0. The third kappa shape index (κ3) is 2.41. The zero-order valence-electron chi connectivity index (χ0n) is 16.8. The number of thiophene rings is 1. The normalized spacial score (nSPS) is 11.9. The van der Waals surface area contributed by atoms with Gasteiger partial charge >= 0.3 is 0 Å². The maximum absolute atomic E-state index is 2.38. The van der Waals surface area contributed by atoms with E-state index in [2.05, 4.69) is 109 Å². The van der Waals surface area contributed by atoms with Crippen LogP contribution in [0.1, 0.15) is 0 Å². The van der Waals surface area contributed by atoms with Gasteiger partial charge in [0, 0.05) is 20.2 Å². The van der Waals surface area contributed by atoms with E-state index in [1.165, 1.54) is 63.6 Å². The third-order valence-electron chi connectivity index (χ3n) is 6.46. The smallest absolute Gasteiger partial charge is 0.0355 e. The lowest BCUT2D eigenvalue weighted by molar-refractivity contribution is 1.72. The molecule has 7 rings (SSSR count). The van der Waals surface area contributed by atoms with Gasteiger partial charge in [0.15, 0.2) is 0 Å². The van der Waals surface area contributed by atoms with E-state index < -0.39 is 0 Å². The van der Waals surface area contributed by atoms with E-state index >= 15 is 0 Å². The topological polar surface area (TPSA) is 0 Å². The third-order valence-corrected chi connectivity index (χ3v) is 7.61. The van der Waals surface area contributed by atoms with Crippen LogP contribution < -0.4 is 0 Å². The second-order valence-corrected chi connectivity index (χ2v) is 9.21. The summed E-state index contributed by atoms with van der Waals surface area (Å²) in [6.07, 6.45) is 0. The number of hydrogen-bond acceptors (Lipinski definition) is 1. The van der Waals surface area contributed by atoms with E-state index in [-0.39, 0.29) is 0 Å². The maximum Gasteiger partial charge on any atom is 0.0355 e. The van der Waals surface area contributed by atoms with Crippen LogP contribution in [0.3, 0.4) is 0 Å². The van der Waals surface area contributed by atoms with Crippen LogP contribution in [-0.2, 0) is 0 Å². The molecule has 0 N–H and O–H groups in total. The average Bonchev–Trinajstić information content (AvgIpc) is 3.22. The first-order valence-electron chi connectivity index (χ1n) is 10.6. The van der Waals surface area contributed by atoms with Crippen molar-refractivity contribution in [3.8, 4) is 11.1 Å². The Hall–Kier alpha value is -3.68. The van der Waals surface area contributed by atoms with Crippen molar-refractivity contribution >= 4 is 63.8 Å². The molecule has 0 saturated carbocycles. The van der Waals surface area contributed by atoms with Crippen molar-refractivity contribution in [1.82, 2.24) is 0 Å². The Morgan fingerprint density at radius 1 is 0.387 bits per heavy atom. The summed E-state index contributed by atoms with van der Waals surface area (Å²) in [5, 5.41) is 10.6. The molecule has 0 radical (unpaired) electrons. The molecule has 1 aromatic heterocycles. The number of hydrogen-bond donors (Lipinski definition) is 0. The molecule has 1 heteroatoms. The minimum atomic E-state index is 1.28. The molecule has 0 fully saturated rings. The van der Waals surface area contributed by atoms with Gasteiger partial charge in [-0.25, -0.2) is 0 Å². The molecule has 31 heavy (non-hydrogen) atoms. The largest absolute Gasteiger partial charge is 0.135 e. The van der Waals surface area contributed by atoms with E-state index in [1.807, 2.05) is 11.3 Å². The Kier molecular flexibility index (Phi) is 3.52. The molecule has 6 aromatic carbocycles. The van der Waals surface area contributed by atoms with Gasteiger partial charge in [0.05, 0.1) is 0 Å². The van der Waals surface area contributed by atoms with Gasteiger partial charge in [-0.05, 0) is 61.6 Å². The molecule has 0 unspecified atom stereocenters. The predicted octanol–water partition coefficient (Wildman–Crippen LogP) is 9.18. The minimum absolute atomic E-state index is 1.28. The van der Waals surface area contributed by atoms with Gasteiger partial charge in [0.25, 0.3) is 0 Å². The van der Waals surface area contributed by atoms with Crippen LogP contribution in [0.2, 0.25) is 0 Å². The molecule has 0 bridgehead atoms. The summed E-state index contributed by atoms with van der Waals surface area (Å²) in [4.78, 5) is 0. The molecule has 0 aliphatic carbocycles. The first kappa shape index (κ1) is 17.0. The summed E-state index contributed by atoms with van der Waals surface area (Å²) >= 11 is 1.87. The Morgan fingerprint density at radius 2 is 0.935 bits per heavy atom. The van der Waals surface area contributed by atoms with E-state index in [0.29, 0.717) is 0 Å². The maximum atomic E-state index is 2.38. The molecule has 0 atom stereocenters. The Balaban J connectivity index is 1.65. The van der Waals surface area contributed by atoms with Crippen LogP contribution in [-0.4, -0.2) is 0 Å². The molecule has 0 aliphatic rings. The standard InChI is InChI=1S/C30H18S/c1-2-9-23-21(8-1)22-10-3-4-12-25(22)30-20(13-7-14-26(23)30)19-16-17-29-27(18-19)24-11-5-6-15-28(24)31-29/h1-18H. The van der Waals surface area contributed by atoms with E-state index in [1.54, 1.807) is 0 Å². The predicted molar refractivity (Wildman–Crippen MR) is 137 cm³/mol. The van der Waals surface area contributed by atoms with Gasteiger partial charge in [0.2, 0.25) is 0 Å². The molecule has 0 amide bonds. The molecular weight excluding hydrogens is 392 g/mol. The van der Waals surface area contributed by atoms with Gasteiger partial charge in [-0.1, -0.05) is 91.0 Å². The van der Waals surface area contributed by atoms with Crippen molar-refractivity contribution in [2.45, 2.75) is 0 Å². The highest BCUT2D eigenvalue weighted by molar-refractivity contribution is 7.25. The molecule has 0 nitrogen and oxygen atoms in total. The lowest BCUT2D eigenvalue weighted by atomic mass is 9.89. The van der Waals surface area contributed by atoms with Crippen LogP contribution in [0.15, 0.2) is 109 Å². The van der Waals surface area contributed by atoms with Crippen molar-refractivity contribution in [2.75, 3.05) is 0 Å². The number of benzene rings is 6. The van der Waals surface area contributed by atoms with Crippen LogP contribution in [0, 0.1) is 0 Å². The first-order valence-corrected chi connectivity index (χ1v) is 11.4. The van der Waals surface area contributed by atoms with Gasteiger partial charge in [-0.2, -0.15) is 0 Å². The second-order valence-electron chi connectivity index (χ2n) is 8.13. The van der Waals surface area contributed by atoms with Gasteiger partial charge < -0.3 is 0 Å². The Bertz CT molecular complexity index is 1740. The summed E-state index contributed by atoms with van der Waals surface area (Å²) < 4.78 is 2.70. The Morgan fingerprint density at radius 3 is 1.68 bits per heavy atom. The SMILES string of the molecule is c1ccc2c(c1)sc1ccc(-c3cccc4c5ccccc5c5ccccc5c34)cc12. The van der Waals surface area contributed by atoms with Crippen molar-refractivity contribution in [3.05, 3.63) is 109 Å². The molecule has 1 heterocycles. The van der Waals surface area contributed by atoms with Crippen molar-refractivity contribution in [3.63, 3.8) is 0 Å². The highest BCUT2D eigenvalue weighted by Gasteiger charge is 2.13. The van der Waals surface area contributed by atoms with Crippen molar-refractivity contribution in [1.29, 1.82) is 0 Å². The van der Waals surface area contributed by atoms with Crippen LogP contribution >= 0.6 is 11.3 Å². The Labute approximate surface area is 184 Å². The van der Waals surface area contributed by atoms with Crippen LogP contribution in [0.4, 0.5) is 0 Å². The molecule has 0 spiro atoms. The highest BCUT2D eigenvalue weighted by atomic mass is 32.1. The molecule has 0 saturated heterocycles. The fraction of sp³-hybridized carbons (Fsp3) is 0. The lowest BCUT2D eigenvalue weighted by Crippen LogP contribution is -1.87. The van der Waals surface area contributed by atoms with Gasteiger partial charge in [-0.15, -0.1) is 11.3 Å². The summed E-state index contributed by atoms with van der Waals surface area (Å²) in [7, 11) is 0. The molecular formula is C30H18S.